The van der Waals surface area contributed by atoms with E-state index >= 15 is 0 Å². The molecule has 2 heterocycles. The van der Waals surface area contributed by atoms with Crippen molar-refractivity contribution >= 4 is 11.6 Å². The SMILES string of the molecule is COc1cc2c(c(OC)c1)C(C)N(C(=O)C1=CC3CN(C)ON=C3C=C1)CC2. The van der Waals surface area contributed by atoms with Crippen molar-refractivity contribution in [3.05, 3.63) is 47.1 Å². The number of hydroxylamine groups is 2. The van der Waals surface area contributed by atoms with Gasteiger partial charge in [-0.2, -0.15) is 0 Å². The fraction of sp³-hybridized carbons (Fsp3) is 0.429. The molecular formula is C21H25N3O4. The Kier molecular flexibility index (Phi) is 4.85. The molecule has 7 nitrogen and oxygen atoms in total. The van der Waals surface area contributed by atoms with Gasteiger partial charge in [0.05, 0.1) is 26.0 Å². The number of methoxy groups -OCH3 is 2. The van der Waals surface area contributed by atoms with Crippen LogP contribution < -0.4 is 9.47 Å². The minimum atomic E-state index is -0.0844. The summed E-state index contributed by atoms with van der Waals surface area (Å²) in [4.78, 5) is 20.4. The van der Waals surface area contributed by atoms with Crippen molar-refractivity contribution in [2.45, 2.75) is 19.4 Å². The van der Waals surface area contributed by atoms with Crippen LogP contribution in [-0.2, 0) is 16.2 Å². The monoisotopic (exact) mass is 383 g/mol. The molecule has 4 rings (SSSR count). The van der Waals surface area contributed by atoms with Crippen LogP contribution in [0.4, 0.5) is 0 Å². The fourth-order valence-corrected chi connectivity index (χ4v) is 4.13. The molecule has 0 bridgehead atoms. The van der Waals surface area contributed by atoms with E-state index in [0.717, 1.165) is 29.2 Å². The number of rotatable bonds is 3. The zero-order valence-corrected chi connectivity index (χ0v) is 16.6. The van der Waals surface area contributed by atoms with Gasteiger partial charge in [-0.05, 0) is 37.1 Å². The topological polar surface area (TPSA) is 63.6 Å². The average Bonchev–Trinajstić information content (AvgIpc) is 2.72. The van der Waals surface area contributed by atoms with E-state index in [4.69, 9.17) is 14.4 Å². The van der Waals surface area contributed by atoms with Crippen molar-refractivity contribution in [3.8, 4) is 11.5 Å². The van der Waals surface area contributed by atoms with Crippen LogP contribution in [-0.4, -0.2) is 55.9 Å². The van der Waals surface area contributed by atoms with Gasteiger partial charge in [0.2, 0.25) is 0 Å². The lowest BCUT2D eigenvalue weighted by molar-refractivity contribution is -0.150. The molecule has 1 aliphatic carbocycles. The summed E-state index contributed by atoms with van der Waals surface area (Å²) in [6.45, 7) is 3.38. The highest BCUT2D eigenvalue weighted by Gasteiger charge is 2.33. The second kappa shape index (κ2) is 7.31. The molecule has 2 aliphatic heterocycles. The second-order valence-electron chi connectivity index (χ2n) is 7.30. The molecular weight excluding hydrogens is 358 g/mol. The third-order valence-corrected chi connectivity index (χ3v) is 5.61. The third-order valence-electron chi connectivity index (χ3n) is 5.61. The number of fused-ring (bicyclic) bond motifs is 2. The minimum Gasteiger partial charge on any atom is -0.497 e. The van der Waals surface area contributed by atoms with Crippen LogP contribution in [0.15, 0.2) is 41.1 Å². The van der Waals surface area contributed by atoms with Gasteiger partial charge in [0.15, 0.2) is 0 Å². The summed E-state index contributed by atoms with van der Waals surface area (Å²) in [7, 11) is 5.13. The molecule has 0 N–H and O–H groups in total. The summed E-state index contributed by atoms with van der Waals surface area (Å²) in [5.41, 5.74) is 3.76. The summed E-state index contributed by atoms with van der Waals surface area (Å²) in [6, 6.07) is 3.83. The first kappa shape index (κ1) is 18.6. The van der Waals surface area contributed by atoms with E-state index < -0.39 is 0 Å². The van der Waals surface area contributed by atoms with E-state index in [-0.39, 0.29) is 17.9 Å². The van der Waals surface area contributed by atoms with E-state index in [9.17, 15) is 4.79 Å². The lowest BCUT2D eigenvalue weighted by Gasteiger charge is -2.37. The number of allylic oxidation sites excluding steroid dienone is 1. The van der Waals surface area contributed by atoms with Crippen LogP contribution in [0.1, 0.15) is 24.1 Å². The minimum absolute atomic E-state index is 0.0282. The number of oxime groups is 1. The highest BCUT2D eigenvalue weighted by Crippen LogP contribution is 2.40. The van der Waals surface area contributed by atoms with Crippen LogP contribution in [0.25, 0.3) is 0 Å². The standard InChI is InChI=1S/C21H25N3O4/c1-13-20-14(10-17(26-3)11-19(20)27-4)7-8-24(13)21(25)15-5-6-18-16(9-15)12-23(2)28-22-18/h5-6,9-11,13,16H,7-8,12H2,1-4H3. The van der Waals surface area contributed by atoms with Gasteiger partial charge in [0.1, 0.15) is 11.5 Å². The Balaban J connectivity index is 1.61. The molecule has 0 saturated carbocycles. The lowest BCUT2D eigenvalue weighted by atomic mass is 9.89. The maximum atomic E-state index is 13.3. The van der Waals surface area contributed by atoms with Crippen molar-refractivity contribution in [2.75, 3.05) is 34.4 Å². The lowest BCUT2D eigenvalue weighted by Crippen LogP contribution is -2.41. The highest BCUT2D eigenvalue weighted by atomic mass is 16.8. The van der Waals surface area contributed by atoms with Gasteiger partial charge in [0, 0.05) is 43.3 Å². The molecule has 7 heteroatoms. The molecule has 28 heavy (non-hydrogen) atoms. The molecule has 0 spiro atoms. The Hall–Kier alpha value is -2.80. The normalized spacial score (nSPS) is 23.8. The van der Waals surface area contributed by atoms with Gasteiger partial charge in [-0.25, -0.2) is 0 Å². The Morgan fingerprint density at radius 3 is 2.82 bits per heavy atom. The van der Waals surface area contributed by atoms with Crippen molar-refractivity contribution in [1.82, 2.24) is 9.96 Å². The van der Waals surface area contributed by atoms with Crippen molar-refractivity contribution in [1.29, 1.82) is 0 Å². The number of hydrogen-bond donors (Lipinski definition) is 0. The Labute approximate surface area is 164 Å². The Morgan fingerprint density at radius 1 is 1.25 bits per heavy atom. The van der Waals surface area contributed by atoms with Gasteiger partial charge in [-0.15, -0.1) is 5.06 Å². The van der Waals surface area contributed by atoms with E-state index in [1.807, 2.05) is 49.2 Å². The maximum Gasteiger partial charge on any atom is 0.254 e. The first-order chi connectivity index (χ1) is 13.5. The predicted molar refractivity (Wildman–Crippen MR) is 105 cm³/mol. The van der Waals surface area contributed by atoms with E-state index in [0.29, 0.717) is 18.7 Å². The first-order valence-electron chi connectivity index (χ1n) is 9.43. The van der Waals surface area contributed by atoms with Gasteiger partial charge < -0.3 is 14.4 Å². The van der Waals surface area contributed by atoms with Crippen LogP contribution in [0.3, 0.4) is 0 Å². The number of benzene rings is 1. The summed E-state index contributed by atoms with van der Waals surface area (Å²) in [5.74, 6) is 1.62. The molecule has 3 aliphatic rings. The van der Waals surface area contributed by atoms with Crippen molar-refractivity contribution in [3.63, 3.8) is 0 Å². The quantitative estimate of drug-likeness (QED) is 0.803. The molecule has 1 amide bonds. The van der Waals surface area contributed by atoms with E-state index in [2.05, 4.69) is 5.16 Å². The Bertz CT molecular complexity index is 873. The van der Waals surface area contributed by atoms with Gasteiger partial charge in [-0.1, -0.05) is 11.2 Å². The fourth-order valence-electron chi connectivity index (χ4n) is 4.13. The van der Waals surface area contributed by atoms with Gasteiger partial charge in [-0.3, -0.25) is 9.73 Å². The molecule has 1 aromatic rings. The number of amides is 1. The van der Waals surface area contributed by atoms with Crippen LogP contribution in [0, 0.1) is 5.92 Å². The Morgan fingerprint density at radius 2 is 2.07 bits per heavy atom. The van der Waals surface area contributed by atoms with Gasteiger partial charge >= 0.3 is 0 Å². The molecule has 1 aromatic carbocycles. The molecule has 148 valence electrons. The molecule has 2 unspecified atom stereocenters. The summed E-state index contributed by atoms with van der Waals surface area (Å²) in [5, 5.41) is 5.75. The largest absolute Gasteiger partial charge is 0.497 e. The predicted octanol–water partition coefficient (Wildman–Crippen LogP) is 2.49. The molecule has 2 atom stereocenters. The highest BCUT2D eigenvalue weighted by molar-refractivity contribution is 6.06. The summed E-state index contributed by atoms with van der Waals surface area (Å²) in [6.07, 6.45) is 6.47. The number of hydrogen-bond acceptors (Lipinski definition) is 6. The first-order valence-corrected chi connectivity index (χ1v) is 9.43. The molecule has 0 fully saturated rings. The average molecular weight is 383 g/mol. The molecule has 0 aromatic heterocycles. The van der Waals surface area contributed by atoms with Gasteiger partial charge in [0.25, 0.3) is 5.91 Å². The number of nitrogens with zero attached hydrogens (tertiary/aromatic N) is 3. The number of ether oxygens (including phenoxy) is 2. The van der Waals surface area contributed by atoms with Crippen molar-refractivity contribution in [2.24, 2.45) is 11.1 Å². The second-order valence-corrected chi connectivity index (χ2v) is 7.30. The van der Waals surface area contributed by atoms with E-state index in [1.54, 1.807) is 19.3 Å². The maximum absolute atomic E-state index is 13.3. The molecule has 0 saturated heterocycles. The number of carbonyl (C=O) groups excluding carboxylic acids is 1. The van der Waals surface area contributed by atoms with Crippen molar-refractivity contribution < 1.29 is 19.2 Å². The van der Waals surface area contributed by atoms with Crippen LogP contribution in [0.2, 0.25) is 0 Å². The summed E-state index contributed by atoms with van der Waals surface area (Å²) >= 11 is 0. The zero-order chi connectivity index (χ0) is 19.8. The third kappa shape index (κ3) is 3.16. The summed E-state index contributed by atoms with van der Waals surface area (Å²) < 4.78 is 11.0. The zero-order valence-electron chi connectivity index (χ0n) is 16.6. The smallest absolute Gasteiger partial charge is 0.254 e. The number of carbonyl (C=O) groups is 1. The van der Waals surface area contributed by atoms with E-state index in [1.165, 1.54) is 5.56 Å². The van der Waals surface area contributed by atoms with Crippen LogP contribution >= 0.6 is 0 Å². The van der Waals surface area contributed by atoms with Crippen LogP contribution in [0.5, 0.6) is 11.5 Å². The molecule has 0 radical (unpaired) electrons.